The number of azo groups is 1. The highest BCUT2D eigenvalue weighted by Crippen LogP contribution is 2.32. The van der Waals surface area contributed by atoms with Crippen molar-refractivity contribution >= 4 is 28.8 Å². The maximum absolute atomic E-state index is 12.7. The number of anilines is 1. The Kier molecular flexibility index (Phi) is 8.45. The number of hydrogen-bond donors (Lipinski definition) is 1. The van der Waals surface area contributed by atoms with E-state index in [9.17, 15) is 19.7 Å². The van der Waals surface area contributed by atoms with Gasteiger partial charge in [-0.15, -0.1) is 5.11 Å². The average Bonchev–Trinajstić information content (AvgIpc) is 2.85. The van der Waals surface area contributed by atoms with Crippen LogP contribution in [0, 0.1) is 10.1 Å². The standard InChI is InChI=1S/C26H26N4O6/c1-16(2)18-5-9-20(10-6-18)36-21-11-7-19(8-12-21)27-26(32)25(17(3)31)29-28-23-14-13-22(35-4)15-24(23)30(33)34/h5-16,25H,1-4H3,(H,27,32). The number of hydrogen-bond acceptors (Lipinski definition) is 8. The summed E-state index contributed by atoms with van der Waals surface area (Å²) in [5.41, 5.74) is 1.15. The fraction of sp³-hybridized carbons (Fsp3) is 0.231. The number of ketones is 1. The largest absolute Gasteiger partial charge is 0.496 e. The Morgan fingerprint density at radius 3 is 2.06 bits per heavy atom. The molecule has 0 fully saturated rings. The fourth-order valence-corrected chi connectivity index (χ4v) is 3.17. The minimum atomic E-state index is -1.48. The summed E-state index contributed by atoms with van der Waals surface area (Å²) < 4.78 is 10.8. The van der Waals surface area contributed by atoms with E-state index in [0.717, 1.165) is 0 Å². The van der Waals surface area contributed by atoms with Crippen molar-refractivity contribution in [2.45, 2.75) is 32.7 Å². The third-order valence-corrected chi connectivity index (χ3v) is 5.20. The zero-order valence-corrected chi connectivity index (χ0v) is 20.3. The Morgan fingerprint density at radius 1 is 0.944 bits per heavy atom. The van der Waals surface area contributed by atoms with Crippen LogP contribution in [0.2, 0.25) is 0 Å². The number of methoxy groups -OCH3 is 1. The number of nitro benzene ring substituents is 1. The number of ether oxygens (including phenoxy) is 2. The lowest BCUT2D eigenvalue weighted by Gasteiger charge is -2.11. The Morgan fingerprint density at radius 2 is 1.53 bits per heavy atom. The van der Waals surface area contributed by atoms with E-state index in [0.29, 0.717) is 23.1 Å². The minimum absolute atomic E-state index is 0.109. The van der Waals surface area contributed by atoms with Crippen molar-refractivity contribution in [1.82, 2.24) is 0 Å². The first-order valence-corrected chi connectivity index (χ1v) is 11.1. The quantitative estimate of drug-likeness (QED) is 0.156. The van der Waals surface area contributed by atoms with Crippen LogP contribution in [0.1, 0.15) is 32.3 Å². The van der Waals surface area contributed by atoms with Crippen molar-refractivity contribution < 1.29 is 24.0 Å². The zero-order valence-electron chi connectivity index (χ0n) is 20.3. The molecule has 36 heavy (non-hydrogen) atoms. The second kappa shape index (κ2) is 11.7. The maximum Gasteiger partial charge on any atom is 0.300 e. The first-order valence-electron chi connectivity index (χ1n) is 11.1. The maximum atomic E-state index is 12.7. The van der Waals surface area contributed by atoms with Gasteiger partial charge < -0.3 is 14.8 Å². The number of nitrogens with zero attached hydrogens (tertiary/aromatic N) is 3. The van der Waals surface area contributed by atoms with Crippen molar-refractivity contribution in [2.24, 2.45) is 10.2 Å². The third-order valence-electron chi connectivity index (χ3n) is 5.20. The first-order chi connectivity index (χ1) is 17.2. The molecule has 0 heterocycles. The van der Waals surface area contributed by atoms with E-state index >= 15 is 0 Å². The topological polar surface area (TPSA) is 132 Å². The predicted molar refractivity (Wildman–Crippen MR) is 134 cm³/mol. The second-order valence-electron chi connectivity index (χ2n) is 8.18. The summed E-state index contributed by atoms with van der Waals surface area (Å²) in [6.07, 6.45) is 0. The molecule has 0 saturated carbocycles. The molecule has 3 aromatic rings. The Balaban J connectivity index is 1.69. The van der Waals surface area contributed by atoms with Gasteiger partial charge in [0.2, 0.25) is 6.04 Å². The van der Waals surface area contributed by atoms with Crippen molar-refractivity contribution in [2.75, 3.05) is 12.4 Å². The smallest absolute Gasteiger partial charge is 0.300 e. The molecule has 0 aliphatic rings. The first kappa shape index (κ1) is 26.0. The lowest BCUT2D eigenvalue weighted by molar-refractivity contribution is -0.384. The summed E-state index contributed by atoms with van der Waals surface area (Å²) in [7, 11) is 1.37. The molecule has 1 N–H and O–H groups in total. The summed E-state index contributed by atoms with van der Waals surface area (Å²) in [5.74, 6) is 0.645. The van der Waals surface area contributed by atoms with Crippen LogP contribution in [-0.2, 0) is 9.59 Å². The van der Waals surface area contributed by atoms with Crippen molar-refractivity contribution in [3.63, 3.8) is 0 Å². The molecule has 0 aliphatic heterocycles. The van der Waals surface area contributed by atoms with E-state index in [1.165, 1.54) is 37.8 Å². The molecule has 0 aliphatic carbocycles. The van der Waals surface area contributed by atoms with Crippen LogP contribution < -0.4 is 14.8 Å². The second-order valence-corrected chi connectivity index (χ2v) is 8.18. The molecule has 3 aromatic carbocycles. The van der Waals surface area contributed by atoms with E-state index in [-0.39, 0.29) is 17.1 Å². The number of carbonyl (C=O) groups excluding carboxylic acids is 2. The van der Waals surface area contributed by atoms with Gasteiger partial charge in [-0.2, -0.15) is 5.11 Å². The minimum Gasteiger partial charge on any atom is -0.496 e. The number of benzene rings is 3. The van der Waals surface area contributed by atoms with E-state index in [1.54, 1.807) is 24.3 Å². The van der Waals surface area contributed by atoms with Gasteiger partial charge in [-0.25, -0.2) is 0 Å². The summed E-state index contributed by atoms with van der Waals surface area (Å²) >= 11 is 0. The molecule has 1 amide bonds. The van der Waals surface area contributed by atoms with E-state index in [4.69, 9.17) is 9.47 Å². The molecular weight excluding hydrogens is 464 g/mol. The van der Waals surface area contributed by atoms with Crippen LogP contribution in [0.3, 0.4) is 0 Å². The summed E-state index contributed by atoms with van der Waals surface area (Å²) in [5, 5.41) is 21.5. The molecule has 1 atom stereocenters. The summed E-state index contributed by atoms with van der Waals surface area (Å²) in [4.78, 5) is 35.4. The van der Waals surface area contributed by atoms with Crippen molar-refractivity contribution in [1.29, 1.82) is 0 Å². The number of Topliss-reactive ketones (excluding diaryl/α,β-unsaturated/α-hetero) is 1. The molecule has 0 radical (unpaired) electrons. The lowest BCUT2D eigenvalue weighted by Crippen LogP contribution is -2.31. The third kappa shape index (κ3) is 6.72. The van der Waals surface area contributed by atoms with Gasteiger partial charge in [-0.05, 0) is 66.9 Å². The van der Waals surface area contributed by atoms with Gasteiger partial charge in [-0.1, -0.05) is 26.0 Å². The number of nitro groups is 1. The molecule has 10 nitrogen and oxygen atoms in total. The normalized spacial score (nSPS) is 11.8. The Labute approximate surface area is 208 Å². The molecule has 0 bridgehead atoms. The van der Waals surface area contributed by atoms with Gasteiger partial charge in [0.15, 0.2) is 11.5 Å². The molecule has 0 spiro atoms. The fourth-order valence-electron chi connectivity index (χ4n) is 3.17. The van der Waals surface area contributed by atoms with Crippen LogP contribution in [0.15, 0.2) is 77.0 Å². The number of nitrogens with one attached hydrogen (secondary N) is 1. The highest BCUT2D eigenvalue weighted by molar-refractivity contribution is 6.10. The summed E-state index contributed by atoms with van der Waals surface area (Å²) in [6, 6.07) is 16.9. The number of amides is 1. The van der Waals surface area contributed by atoms with Gasteiger partial charge in [0, 0.05) is 5.69 Å². The summed E-state index contributed by atoms with van der Waals surface area (Å²) in [6.45, 7) is 5.42. The van der Waals surface area contributed by atoms with Gasteiger partial charge in [0.05, 0.1) is 18.1 Å². The highest BCUT2D eigenvalue weighted by Gasteiger charge is 2.24. The van der Waals surface area contributed by atoms with Crippen LogP contribution in [0.5, 0.6) is 17.2 Å². The van der Waals surface area contributed by atoms with E-state index in [1.807, 2.05) is 24.3 Å². The molecule has 186 valence electrons. The van der Waals surface area contributed by atoms with Crippen LogP contribution in [0.4, 0.5) is 17.1 Å². The molecule has 10 heteroatoms. The van der Waals surface area contributed by atoms with E-state index in [2.05, 4.69) is 29.4 Å². The van der Waals surface area contributed by atoms with Crippen LogP contribution in [-0.4, -0.2) is 29.8 Å². The van der Waals surface area contributed by atoms with Crippen molar-refractivity contribution in [3.05, 3.63) is 82.4 Å². The zero-order chi connectivity index (χ0) is 26.2. The van der Waals surface area contributed by atoms with Crippen LogP contribution in [0.25, 0.3) is 0 Å². The van der Waals surface area contributed by atoms with Gasteiger partial charge in [0.25, 0.3) is 11.6 Å². The van der Waals surface area contributed by atoms with Gasteiger partial charge in [-0.3, -0.25) is 19.7 Å². The SMILES string of the molecule is COc1ccc(N=NC(C(C)=O)C(=O)Nc2ccc(Oc3ccc(C(C)C)cc3)cc2)c([N+](=O)[O-])c1. The number of rotatable bonds is 10. The molecular formula is C26H26N4O6. The molecule has 0 saturated heterocycles. The predicted octanol–water partition coefficient (Wildman–Crippen LogP) is 6.20. The van der Waals surface area contributed by atoms with Crippen molar-refractivity contribution in [3.8, 4) is 17.2 Å². The van der Waals surface area contributed by atoms with E-state index < -0.39 is 22.7 Å². The highest BCUT2D eigenvalue weighted by atomic mass is 16.6. The average molecular weight is 491 g/mol. The Hall–Kier alpha value is -4.60. The molecule has 1 unspecified atom stereocenters. The lowest BCUT2D eigenvalue weighted by atomic mass is 10.0. The Bertz CT molecular complexity index is 1270. The van der Waals surface area contributed by atoms with Crippen LogP contribution >= 0.6 is 0 Å². The van der Waals surface area contributed by atoms with Gasteiger partial charge in [0.1, 0.15) is 17.2 Å². The molecule has 0 aromatic heterocycles. The number of carbonyl (C=O) groups is 2. The van der Waals surface area contributed by atoms with Gasteiger partial charge >= 0.3 is 0 Å². The monoisotopic (exact) mass is 490 g/mol. The molecule has 3 rings (SSSR count).